The summed E-state index contributed by atoms with van der Waals surface area (Å²) >= 11 is 0. The first-order valence-corrected chi connectivity index (χ1v) is 6.17. The van der Waals surface area contributed by atoms with Crippen LogP contribution < -0.4 is 5.32 Å². The van der Waals surface area contributed by atoms with E-state index < -0.39 is 5.97 Å². The van der Waals surface area contributed by atoms with Crippen molar-refractivity contribution in [2.45, 2.75) is 45.7 Å². The molecule has 0 aromatic rings. The van der Waals surface area contributed by atoms with E-state index in [-0.39, 0.29) is 24.5 Å². The lowest BCUT2D eigenvalue weighted by molar-refractivity contribution is -0.140. The number of nitrogens with one attached hydrogen (secondary N) is 1. The van der Waals surface area contributed by atoms with E-state index in [1.165, 1.54) is 0 Å². The lowest BCUT2D eigenvalue weighted by atomic mass is 10.2. The van der Waals surface area contributed by atoms with Gasteiger partial charge in [-0.3, -0.25) is 14.5 Å². The highest BCUT2D eigenvalue weighted by Gasteiger charge is 2.35. The molecule has 0 bridgehead atoms. The lowest BCUT2D eigenvalue weighted by Gasteiger charge is -2.26. The molecule has 5 heteroatoms. The maximum absolute atomic E-state index is 11.9. The molecule has 1 saturated carbocycles. The summed E-state index contributed by atoms with van der Waals surface area (Å²) in [6.07, 6.45) is 1.99. The van der Waals surface area contributed by atoms with Gasteiger partial charge in [0.1, 0.15) is 0 Å². The Morgan fingerprint density at radius 1 is 1.35 bits per heavy atom. The van der Waals surface area contributed by atoms with Crippen LogP contribution in [0.5, 0.6) is 0 Å². The van der Waals surface area contributed by atoms with Crippen molar-refractivity contribution in [3.63, 3.8) is 0 Å². The zero-order valence-electron chi connectivity index (χ0n) is 10.8. The number of carboxylic acids is 1. The monoisotopic (exact) mass is 242 g/mol. The third kappa shape index (κ3) is 4.73. The first kappa shape index (κ1) is 14.0. The van der Waals surface area contributed by atoms with Crippen LogP contribution in [0.15, 0.2) is 0 Å². The van der Waals surface area contributed by atoms with Crippen LogP contribution in [-0.4, -0.2) is 47.1 Å². The van der Waals surface area contributed by atoms with Gasteiger partial charge in [-0.15, -0.1) is 0 Å². The van der Waals surface area contributed by atoms with Crippen LogP contribution in [0, 0.1) is 5.92 Å². The molecule has 0 heterocycles. The quantitative estimate of drug-likeness (QED) is 0.689. The van der Waals surface area contributed by atoms with Gasteiger partial charge in [0.2, 0.25) is 5.91 Å². The number of aliphatic carboxylic acids is 1. The number of hydrogen-bond acceptors (Lipinski definition) is 3. The molecule has 98 valence electrons. The van der Waals surface area contributed by atoms with Crippen molar-refractivity contribution in [2.75, 3.05) is 13.1 Å². The van der Waals surface area contributed by atoms with Crippen molar-refractivity contribution in [1.29, 1.82) is 0 Å². The number of rotatable bonds is 7. The molecule has 1 aliphatic rings. The van der Waals surface area contributed by atoms with Crippen LogP contribution in [0.1, 0.15) is 33.6 Å². The molecule has 1 fully saturated rings. The Kier molecular flexibility index (Phi) is 4.93. The smallest absolute Gasteiger partial charge is 0.317 e. The van der Waals surface area contributed by atoms with E-state index in [2.05, 4.69) is 5.32 Å². The van der Waals surface area contributed by atoms with Gasteiger partial charge >= 0.3 is 5.97 Å². The van der Waals surface area contributed by atoms with Crippen LogP contribution in [0.25, 0.3) is 0 Å². The minimum Gasteiger partial charge on any atom is -0.480 e. The van der Waals surface area contributed by atoms with Gasteiger partial charge in [0.05, 0.1) is 12.6 Å². The zero-order chi connectivity index (χ0) is 13.0. The van der Waals surface area contributed by atoms with Crippen molar-refractivity contribution in [1.82, 2.24) is 10.2 Å². The molecule has 0 aromatic heterocycles. The Labute approximate surface area is 102 Å². The van der Waals surface area contributed by atoms with Gasteiger partial charge in [0, 0.05) is 12.6 Å². The zero-order valence-corrected chi connectivity index (χ0v) is 10.8. The molecule has 0 aliphatic heterocycles. The van der Waals surface area contributed by atoms with Crippen LogP contribution in [0.2, 0.25) is 0 Å². The second kappa shape index (κ2) is 6.00. The van der Waals surface area contributed by atoms with E-state index in [1.807, 2.05) is 13.8 Å². The Morgan fingerprint density at radius 3 is 2.35 bits per heavy atom. The van der Waals surface area contributed by atoms with Crippen molar-refractivity contribution in [2.24, 2.45) is 5.92 Å². The summed E-state index contributed by atoms with van der Waals surface area (Å²) in [4.78, 5) is 24.4. The molecular formula is C12H22N2O3. The van der Waals surface area contributed by atoms with Crippen molar-refractivity contribution >= 4 is 11.9 Å². The predicted molar refractivity (Wildman–Crippen MR) is 64.7 cm³/mol. The summed E-state index contributed by atoms with van der Waals surface area (Å²) in [5.41, 5.74) is 0. The number of amides is 1. The van der Waals surface area contributed by atoms with Crippen molar-refractivity contribution in [3.8, 4) is 0 Å². The van der Waals surface area contributed by atoms with Gasteiger partial charge < -0.3 is 10.4 Å². The number of carbonyl (C=O) groups is 2. The van der Waals surface area contributed by atoms with Gasteiger partial charge in [-0.2, -0.15) is 0 Å². The normalized spacial score (nSPS) is 17.2. The molecule has 0 radical (unpaired) electrons. The maximum Gasteiger partial charge on any atom is 0.317 e. The molecule has 0 saturated heterocycles. The molecule has 17 heavy (non-hydrogen) atoms. The second-order valence-corrected chi connectivity index (χ2v) is 5.11. The third-order valence-electron chi connectivity index (χ3n) is 2.90. The molecule has 1 aliphatic carbocycles. The van der Waals surface area contributed by atoms with Crippen molar-refractivity contribution < 1.29 is 14.7 Å². The minimum atomic E-state index is -0.875. The Morgan fingerprint density at radius 2 is 1.94 bits per heavy atom. The van der Waals surface area contributed by atoms with E-state index in [4.69, 9.17) is 5.11 Å². The SMILES string of the molecule is CC(C)CNC(=O)C(C)N(CC(=O)O)C1CC1. The summed E-state index contributed by atoms with van der Waals surface area (Å²) in [6.45, 7) is 6.41. The molecule has 0 spiro atoms. The van der Waals surface area contributed by atoms with Gasteiger partial charge in [-0.1, -0.05) is 13.8 Å². The van der Waals surface area contributed by atoms with E-state index in [9.17, 15) is 9.59 Å². The standard InChI is InChI=1S/C12H22N2O3/c1-8(2)6-13-12(17)9(3)14(7-11(15)16)10-4-5-10/h8-10H,4-7H2,1-3H3,(H,13,17)(H,15,16). The van der Waals surface area contributed by atoms with Gasteiger partial charge in [0.25, 0.3) is 0 Å². The first-order chi connectivity index (χ1) is 7.91. The van der Waals surface area contributed by atoms with Gasteiger partial charge in [-0.25, -0.2) is 0 Å². The third-order valence-corrected chi connectivity index (χ3v) is 2.90. The van der Waals surface area contributed by atoms with Crippen LogP contribution in [-0.2, 0) is 9.59 Å². The highest BCUT2D eigenvalue weighted by molar-refractivity contribution is 5.82. The summed E-state index contributed by atoms with van der Waals surface area (Å²) < 4.78 is 0. The predicted octanol–water partition coefficient (Wildman–Crippen LogP) is 0.696. The molecular weight excluding hydrogens is 220 g/mol. The van der Waals surface area contributed by atoms with Crippen molar-refractivity contribution in [3.05, 3.63) is 0 Å². The summed E-state index contributed by atoms with van der Waals surface area (Å²) in [7, 11) is 0. The lowest BCUT2D eigenvalue weighted by Crippen LogP contribution is -2.48. The highest BCUT2D eigenvalue weighted by Crippen LogP contribution is 2.28. The molecule has 1 atom stereocenters. The van der Waals surface area contributed by atoms with E-state index >= 15 is 0 Å². The molecule has 1 unspecified atom stereocenters. The second-order valence-electron chi connectivity index (χ2n) is 5.11. The molecule has 0 aromatic carbocycles. The fraction of sp³-hybridized carbons (Fsp3) is 0.833. The van der Waals surface area contributed by atoms with E-state index in [1.54, 1.807) is 11.8 Å². The van der Waals surface area contributed by atoms with E-state index in [0.29, 0.717) is 12.5 Å². The first-order valence-electron chi connectivity index (χ1n) is 6.17. The fourth-order valence-electron chi connectivity index (χ4n) is 1.75. The largest absolute Gasteiger partial charge is 0.480 e. The average Bonchev–Trinajstić information content (AvgIpc) is 3.04. The maximum atomic E-state index is 11.9. The minimum absolute atomic E-state index is 0.0546. The summed E-state index contributed by atoms with van der Waals surface area (Å²) in [5, 5.41) is 11.7. The Hall–Kier alpha value is -1.10. The number of carboxylic acid groups (broad SMARTS) is 1. The summed E-state index contributed by atoms with van der Waals surface area (Å²) in [5.74, 6) is -0.549. The summed E-state index contributed by atoms with van der Waals surface area (Å²) in [6, 6.07) is -0.0942. The average molecular weight is 242 g/mol. The van der Waals surface area contributed by atoms with Crippen LogP contribution in [0.4, 0.5) is 0 Å². The number of nitrogens with zero attached hydrogens (tertiary/aromatic N) is 1. The molecule has 2 N–H and O–H groups in total. The van der Waals surface area contributed by atoms with Gasteiger partial charge in [0.15, 0.2) is 0 Å². The molecule has 5 nitrogen and oxygen atoms in total. The van der Waals surface area contributed by atoms with Crippen LogP contribution >= 0.6 is 0 Å². The van der Waals surface area contributed by atoms with Gasteiger partial charge in [-0.05, 0) is 25.7 Å². The number of hydrogen-bond donors (Lipinski definition) is 2. The molecule has 1 rings (SSSR count). The van der Waals surface area contributed by atoms with Crippen LogP contribution in [0.3, 0.4) is 0 Å². The number of carbonyl (C=O) groups excluding carboxylic acids is 1. The molecule has 1 amide bonds. The topological polar surface area (TPSA) is 69.6 Å². The van der Waals surface area contributed by atoms with E-state index in [0.717, 1.165) is 12.8 Å². The fourth-order valence-corrected chi connectivity index (χ4v) is 1.75. The highest BCUT2D eigenvalue weighted by atomic mass is 16.4. The Bertz CT molecular complexity index is 287. The Balaban J connectivity index is 2.48.